The Balaban J connectivity index is 2.66. The van der Waals surface area contributed by atoms with E-state index in [1.807, 2.05) is 0 Å². The Morgan fingerprint density at radius 2 is 1.68 bits per heavy atom. The fraction of sp³-hybridized carbons (Fsp3) is 0.429. The minimum Gasteiger partial charge on any atom is -0.493 e. The second-order valence-corrected chi connectivity index (χ2v) is 4.76. The van der Waals surface area contributed by atoms with Gasteiger partial charge in [0, 0.05) is 12.0 Å². The van der Waals surface area contributed by atoms with Gasteiger partial charge in [-0.3, -0.25) is 9.59 Å². The molecule has 5 nitrogen and oxygen atoms in total. The third-order valence-corrected chi connectivity index (χ3v) is 3.72. The van der Waals surface area contributed by atoms with E-state index in [1.54, 1.807) is 0 Å². The number of esters is 1. The normalized spacial score (nSPS) is 20.5. The lowest BCUT2D eigenvalue weighted by molar-refractivity contribution is -0.215. The summed E-state index contributed by atoms with van der Waals surface area (Å²) < 4.78 is 54.6. The maximum atomic E-state index is 13.4. The monoisotopic (exact) mass is 318 g/mol. The third kappa shape index (κ3) is 2.01. The van der Waals surface area contributed by atoms with Crippen molar-refractivity contribution in [2.75, 3.05) is 21.3 Å². The number of methoxy groups -OCH3 is 3. The van der Waals surface area contributed by atoms with Crippen LogP contribution >= 0.6 is 0 Å². The van der Waals surface area contributed by atoms with E-state index >= 15 is 0 Å². The Labute approximate surface area is 124 Å². The van der Waals surface area contributed by atoms with Gasteiger partial charge in [0.25, 0.3) is 0 Å². The number of benzene rings is 1. The quantitative estimate of drug-likeness (QED) is 0.631. The lowest BCUT2D eigenvalue weighted by Gasteiger charge is -2.26. The summed E-state index contributed by atoms with van der Waals surface area (Å²) in [5.74, 6) is -2.68. The van der Waals surface area contributed by atoms with Gasteiger partial charge in [-0.1, -0.05) is 0 Å². The highest BCUT2D eigenvalue weighted by molar-refractivity contribution is 6.17. The van der Waals surface area contributed by atoms with E-state index in [4.69, 9.17) is 9.47 Å². The summed E-state index contributed by atoms with van der Waals surface area (Å²) in [6.07, 6.45) is -5.89. The molecule has 1 aliphatic rings. The third-order valence-electron chi connectivity index (χ3n) is 3.72. The molecule has 0 heterocycles. The van der Waals surface area contributed by atoms with E-state index in [0.717, 1.165) is 13.2 Å². The van der Waals surface area contributed by atoms with Gasteiger partial charge in [0.2, 0.25) is 5.41 Å². The van der Waals surface area contributed by atoms with Gasteiger partial charge in [0.15, 0.2) is 17.3 Å². The van der Waals surface area contributed by atoms with Crippen LogP contribution in [0, 0.1) is 5.41 Å². The van der Waals surface area contributed by atoms with Crippen LogP contribution in [0.5, 0.6) is 11.5 Å². The summed E-state index contributed by atoms with van der Waals surface area (Å²) in [5, 5.41) is 0. The molecule has 0 radical (unpaired) electrons. The number of ether oxygens (including phenoxy) is 3. The highest BCUT2D eigenvalue weighted by Gasteiger charge is 2.69. The first-order valence-corrected chi connectivity index (χ1v) is 6.17. The van der Waals surface area contributed by atoms with Gasteiger partial charge in [-0.25, -0.2) is 0 Å². The SMILES string of the molecule is COC(=O)[C@]1(C(F)(F)F)Cc2cc(OC)c(OC)cc2C1=O. The van der Waals surface area contributed by atoms with Crippen LogP contribution < -0.4 is 9.47 Å². The molecule has 2 rings (SSSR count). The van der Waals surface area contributed by atoms with Crippen molar-refractivity contribution in [3.05, 3.63) is 23.3 Å². The number of hydrogen-bond donors (Lipinski definition) is 0. The molecule has 1 aromatic carbocycles. The molecule has 120 valence electrons. The molecular weight excluding hydrogens is 305 g/mol. The molecule has 22 heavy (non-hydrogen) atoms. The number of carbonyl (C=O) groups excluding carboxylic acids is 2. The van der Waals surface area contributed by atoms with Crippen LogP contribution in [0.25, 0.3) is 0 Å². The summed E-state index contributed by atoms with van der Waals surface area (Å²) in [4.78, 5) is 24.1. The van der Waals surface area contributed by atoms with E-state index < -0.39 is 29.8 Å². The zero-order valence-corrected chi connectivity index (χ0v) is 12.0. The number of halogens is 3. The lowest BCUT2D eigenvalue weighted by Crippen LogP contribution is -2.50. The van der Waals surface area contributed by atoms with Crippen LogP contribution in [0.4, 0.5) is 13.2 Å². The van der Waals surface area contributed by atoms with Crippen LogP contribution in [0.2, 0.25) is 0 Å². The van der Waals surface area contributed by atoms with E-state index in [-0.39, 0.29) is 22.6 Å². The van der Waals surface area contributed by atoms with Crippen molar-refractivity contribution in [3.63, 3.8) is 0 Å². The molecule has 0 spiro atoms. The van der Waals surface area contributed by atoms with Crippen LogP contribution in [0.15, 0.2) is 12.1 Å². The van der Waals surface area contributed by atoms with Crippen molar-refractivity contribution in [1.29, 1.82) is 0 Å². The molecule has 0 unspecified atom stereocenters. The predicted molar refractivity (Wildman–Crippen MR) is 68.1 cm³/mol. The Hall–Kier alpha value is -2.25. The molecule has 0 saturated heterocycles. The van der Waals surface area contributed by atoms with Gasteiger partial charge in [-0.15, -0.1) is 0 Å². The van der Waals surface area contributed by atoms with Crippen LogP contribution in [0.3, 0.4) is 0 Å². The highest BCUT2D eigenvalue weighted by atomic mass is 19.4. The van der Waals surface area contributed by atoms with Crippen molar-refractivity contribution in [3.8, 4) is 11.5 Å². The number of Topliss-reactive ketones (excluding diaryl/α,β-unsaturated/α-hetero) is 1. The van der Waals surface area contributed by atoms with Crippen LogP contribution in [0.1, 0.15) is 15.9 Å². The van der Waals surface area contributed by atoms with Crippen molar-refractivity contribution in [2.45, 2.75) is 12.6 Å². The molecule has 0 aromatic heterocycles. The zero-order valence-electron chi connectivity index (χ0n) is 12.0. The molecule has 1 aromatic rings. The second kappa shape index (κ2) is 5.19. The first-order valence-electron chi connectivity index (χ1n) is 6.17. The first kappa shape index (κ1) is 16.1. The minimum absolute atomic E-state index is 0.0605. The second-order valence-electron chi connectivity index (χ2n) is 4.76. The summed E-state index contributed by atoms with van der Waals surface area (Å²) in [6.45, 7) is 0. The zero-order chi connectivity index (χ0) is 16.7. The average Bonchev–Trinajstić information content (AvgIpc) is 2.78. The van der Waals surface area contributed by atoms with E-state index in [0.29, 0.717) is 0 Å². The number of fused-ring (bicyclic) bond motifs is 1. The number of hydrogen-bond acceptors (Lipinski definition) is 5. The van der Waals surface area contributed by atoms with Crippen LogP contribution in [-0.2, 0) is 16.0 Å². The molecule has 1 aliphatic carbocycles. The molecular formula is C14H13F3O5. The summed E-state index contributed by atoms with van der Waals surface area (Å²) in [7, 11) is 3.42. The Bertz CT molecular complexity index is 638. The standard InChI is InChI=1S/C14H13F3O5/c1-20-9-4-7-6-13(12(19)22-3,14(15,16)17)11(18)8(7)5-10(9)21-2/h4-5H,6H2,1-3H3/t13-/m0/s1. The van der Waals surface area contributed by atoms with Crippen molar-refractivity contribution in [1.82, 2.24) is 0 Å². The van der Waals surface area contributed by atoms with Crippen molar-refractivity contribution in [2.24, 2.45) is 5.41 Å². The molecule has 0 aliphatic heterocycles. The molecule has 0 amide bonds. The molecule has 8 heteroatoms. The Kier molecular flexibility index (Phi) is 3.80. The minimum atomic E-state index is -5.07. The first-order chi connectivity index (χ1) is 10.2. The smallest absolute Gasteiger partial charge is 0.412 e. The van der Waals surface area contributed by atoms with E-state index in [9.17, 15) is 22.8 Å². The fourth-order valence-corrected chi connectivity index (χ4v) is 2.56. The van der Waals surface area contributed by atoms with Gasteiger partial charge >= 0.3 is 12.1 Å². The number of ketones is 1. The Morgan fingerprint density at radius 3 is 2.14 bits per heavy atom. The van der Waals surface area contributed by atoms with Crippen LogP contribution in [-0.4, -0.2) is 39.3 Å². The summed E-state index contributed by atoms with van der Waals surface area (Å²) in [6, 6.07) is 2.41. The lowest BCUT2D eigenvalue weighted by atomic mass is 9.83. The largest absolute Gasteiger partial charge is 0.493 e. The topological polar surface area (TPSA) is 61.8 Å². The van der Waals surface area contributed by atoms with Gasteiger partial charge in [0.1, 0.15) is 0 Å². The molecule has 0 N–H and O–H groups in total. The predicted octanol–water partition coefficient (Wildman–Crippen LogP) is 2.16. The summed E-state index contributed by atoms with van der Waals surface area (Å²) >= 11 is 0. The van der Waals surface area contributed by atoms with Gasteiger partial charge in [-0.05, 0) is 17.7 Å². The van der Waals surface area contributed by atoms with Gasteiger partial charge in [0.05, 0.1) is 21.3 Å². The number of carbonyl (C=O) groups is 2. The molecule has 0 bridgehead atoms. The average molecular weight is 318 g/mol. The number of alkyl halides is 3. The van der Waals surface area contributed by atoms with Crippen molar-refractivity contribution < 1.29 is 37.0 Å². The molecule has 0 fully saturated rings. The maximum Gasteiger partial charge on any atom is 0.412 e. The molecule has 0 saturated carbocycles. The maximum absolute atomic E-state index is 13.4. The highest BCUT2D eigenvalue weighted by Crippen LogP contribution is 2.51. The fourth-order valence-electron chi connectivity index (χ4n) is 2.56. The van der Waals surface area contributed by atoms with Gasteiger partial charge in [-0.2, -0.15) is 13.2 Å². The summed E-state index contributed by atoms with van der Waals surface area (Å²) in [5.41, 5.74) is -3.38. The number of rotatable bonds is 3. The van der Waals surface area contributed by atoms with E-state index in [1.165, 1.54) is 20.3 Å². The molecule has 1 atom stereocenters. The Morgan fingerprint density at radius 1 is 1.14 bits per heavy atom. The van der Waals surface area contributed by atoms with Gasteiger partial charge < -0.3 is 14.2 Å². The van der Waals surface area contributed by atoms with E-state index in [2.05, 4.69) is 4.74 Å². The van der Waals surface area contributed by atoms with Crippen molar-refractivity contribution >= 4 is 11.8 Å².